The van der Waals surface area contributed by atoms with Gasteiger partial charge in [-0.2, -0.15) is 0 Å². The van der Waals surface area contributed by atoms with Crippen molar-refractivity contribution < 1.29 is 9.53 Å². The van der Waals surface area contributed by atoms with Gasteiger partial charge in [-0.05, 0) is 50.8 Å². The van der Waals surface area contributed by atoms with Crippen LogP contribution >= 0.6 is 0 Å². The van der Waals surface area contributed by atoms with Gasteiger partial charge in [-0.15, -0.1) is 0 Å². The van der Waals surface area contributed by atoms with Crippen LogP contribution in [-0.4, -0.2) is 31.7 Å². The summed E-state index contributed by atoms with van der Waals surface area (Å²) in [6.45, 7) is 4.36. The lowest BCUT2D eigenvalue weighted by Gasteiger charge is -2.14. The number of hydrogen-bond acceptors (Lipinski definition) is 3. The lowest BCUT2D eigenvalue weighted by Crippen LogP contribution is -2.38. The van der Waals surface area contributed by atoms with Crippen molar-refractivity contribution >= 4 is 11.6 Å². The standard InChI is InChI=1S/C16H24N2O2/c1-13(16(19)18-15-6-3-2-4-7-15)17-10-5-11-20-12-14-8-9-14/h2-4,6-7,13-14,17H,5,8-12H2,1H3,(H,18,19). The van der Waals surface area contributed by atoms with E-state index in [0.717, 1.165) is 37.8 Å². The summed E-state index contributed by atoms with van der Waals surface area (Å²) < 4.78 is 5.55. The summed E-state index contributed by atoms with van der Waals surface area (Å²) in [6, 6.07) is 9.32. The van der Waals surface area contributed by atoms with Crippen molar-refractivity contribution in [3.63, 3.8) is 0 Å². The van der Waals surface area contributed by atoms with Crippen LogP contribution in [0, 0.1) is 5.92 Å². The molecule has 1 aliphatic rings. The topological polar surface area (TPSA) is 50.4 Å². The zero-order chi connectivity index (χ0) is 14.2. The molecule has 1 amide bonds. The summed E-state index contributed by atoms with van der Waals surface area (Å²) in [7, 11) is 0. The van der Waals surface area contributed by atoms with Crippen molar-refractivity contribution in [3.05, 3.63) is 30.3 Å². The molecule has 1 unspecified atom stereocenters. The molecular weight excluding hydrogens is 252 g/mol. The predicted molar refractivity (Wildman–Crippen MR) is 80.7 cm³/mol. The average molecular weight is 276 g/mol. The van der Waals surface area contributed by atoms with Crippen LogP contribution in [0.25, 0.3) is 0 Å². The van der Waals surface area contributed by atoms with Crippen molar-refractivity contribution in [2.24, 2.45) is 5.92 Å². The maximum Gasteiger partial charge on any atom is 0.241 e. The second-order valence-corrected chi connectivity index (χ2v) is 5.40. The van der Waals surface area contributed by atoms with E-state index in [1.165, 1.54) is 12.8 Å². The summed E-state index contributed by atoms with van der Waals surface area (Å²) in [5.41, 5.74) is 0.832. The summed E-state index contributed by atoms with van der Waals surface area (Å²) in [4.78, 5) is 11.9. The zero-order valence-electron chi connectivity index (χ0n) is 12.1. The van der Waals surface area contributed by atoms with Crippen LogP contribution in [0.1, 0.15) is 26.2 Å². The van der Waals surface area contributed by atoms with E-state index in [9.17, 15) is 4.79 Å². The van der Waals surface area contributed by atoms with E-state index in [2.05, 4.69) is 10.6 Å². The van der Waals surface area contributed by atoms with Crippen LogP contribution in [-0.2, 0) is 9.53 Å². The number of carbonyl (C=O) groups excluding carboxylic acids is 1. The Labute approximate surface area is 120 Å². The first-order chi connectivity index (χ1) is 9.75. The van der Waals surface area contributed by atoms with E-state index in [-0.39, 0.29) is 11.9 Å². The van der Waals surface area contributed by atoms with E-state index in [0.29, 0.717) is 0 Å². The Kier molecular flexibility index (Phi) is 6.02. The molecule has 1 fully saturated rings. The van der Waals surface area contributed by atoms with Gasteiger partial charge in [0.1, 0.15) is 0 Å². The fraction of sp³-hybridized carbons (Fsp3) is 0.562. The van der Waals surface area contributed by atoms with Gasteiger partial charge in [-0.3, -0.25) is 4.79 Å². The minimum absolute atomic E-state index is 0.00454. The quantitative estimate of drug-likeness (QED) is 0.681. The third kappa shape index (κ3) is 5.72. The molecule has 0 radical (unpaired) electrons. The second-order valence-electron chi connectivity index (χ2n) is 5.40. The number of ether oxygens (including phenoxy) is 1. The lowest BCUT2D eigenvalue weighted by molar-refractivity contribution is -0.117. The highest BCUT2D eigenvalue weighted by molar-refractivity contribution is 5.94. The SMILES string of the molecule is CC(NCCCOCC1CC1)C(=O)Nc1ccccc1. The van der Waals surface area contributed by atoms with Crippen molar-refractivity contribution in [2.75, 3.05) is 25.1 Å². The third-order valence-corrected chi connectivity index (χ3v) is 3.40. The van der Waals surface area contributed by atoms with Crippen LogP contribution in [0.2, 0.25) is 0 Å². The van der Waals surface area contributed by atoms with Crippen molar-refractivity contribution in [2.45, 2.75) is 32.2 Å². The van der Waals surface area contributed by atoms with E-state index in [1.54, 1.807) is 0 Å². The van der Waals surface area contributed by atoms with E-state index in [4.69, 9.17) is 4.74 Å². The molecule has 1 aromatic rings. The highest BCUT2D eigenvalue weighted by atomic mass is 16.5. The molecule has 4 nitrogen and oxygen atoms in total. The monoisotopic (exact) mass is 276 g/mol. The van der Waals surface area contributed by atoms with Crippen LogP contribution < -0.4 is 10.6 Å². The van der Waals surface area contributed by atoms with Gasteiger partial charge in [0, 0.05) is 18.9 Å². The van der Waals surface area contributed by atoms with Crippen molar-refractivity contribution in [1.29, 1.82) is 0 Å². The molecule has 0 heterocycles. The lowest BCUT2D eigenvalue weighted by atomic mass is 10.2. The largest absolute Gasteiger partial charge is 0.381 e. The molecule has 1 aliphatic carbocycles. The Morgan fingerprint density at radius 1 is 1.35 bits per heavy atom. The molecule has 0 aromatic heterocycles. The smallest absolute Gasteiger partial charge is 0.241 e. The molecule has 0 saturated heterocycles. The van der Waals surface area contributed by atoms with Crippen LogP contribution in [0.4, 0.5) is 5.69 Å². The first-order valence-electron chi connectivity index (χ1n) is 7.43. The minimum Gasteiger partial charge on any atom is -0.381 e. The predicted octanol–water partition coefficient (Wildman–Crippen LogP) is 2.42. The third-order valence-electron chi connectivity index (χ3n) is 3.40. The molecule has 2 rings (SSSR count). The number of amides is 1. The minimum atomic E-state index is -0.196. The van der Waals surface area contributed by atoms with E-state index in [1.807, 2.05) is 37.3 Å². The van der Waals surface area contributed by atoms with E-state index < -0.39 is 0 Å². The van der Waals surface area contributed by atoms with Gasteiger partial charge in [0.2, 0.25) is 5.91 Å². The summed E-state index contributed by atoms with van der Waals surface area (Å²) >= 11 is 0. The van der Waals surface area contributed by atoms with E-state index >= 15 is 0 Å². The number of anilines is 1. The highest BCUT2D eigenvalue weighted by Gasteiger charge is 2.20. The average Bonchev–Trinajstić information content (AvgIpc) is 3.27. The number of rotatable bonds is 9. The Hall–Kier alpha value is -1.39. The van der Waals surface area contributed by atoms with Gasteiger partial charge in [0.25, 0.3) is 0 Å². The maximum atomic E-state index is 11.9. The van der Waals surface area contributed by atoms with Crippen LogP contribution in [0.3, 0.4) is 0 Å². The fourth-order valence-electron chi connectivity index (χ4n) is 1.89. The second kappa shape index (κ2) is 8.02. The molecule has 1 saturated carbocycles. The number of para-hydroxylation sites is 1. The number of carbonyl (C=O) groups is 1. The first-order valence-corrected chi connectivity index (χ1v) is 7.43. The Morgan fingerprint density at radius 3 is 2.80 bits per heavy atom. The molecule has 2 N–H and O–H groups in total. The fourth-order valence-corrected chi connectivity index (χ4v) is 1.89. The molecule has 0 aliphatic heterocycles. The molecule has 4 heteroatoms. The highest BCUT2D eigenvalue weighted by Crippen LogP contribution is 2.28. The van der Waals surface area contributed by atoms with Gasteiger partial charge >= 0.3 is 0 Å². The molecule has 0 spiro atoms. The van der Waals surface area contributed by atoms with Crippen molar-refractivity contribution in [1.82, 2.24) is 5.32 Å². The molecule has 0 bridgehead atoms. The maximum absolute atomic E-state index is 11.9. The summed E-state index contributed by atoms with van der Waals surface area (Å²) in [5, 5.41) is 6.10. The Bertz CT molecular complexity index is 404. The van der Waals surface area contributed by atoms with Crippen molar-refractivity contribution in [3.8, 4) is 0 Å². The molecular formula is C16H24N2O2. The zero-order valence-corrected chi connectivity index (χ0v) is 12.1. The molecule has 20 heavy (non-hydrogen) atoms. The van der Waals surface area contributed by atoms with Gasteiger partial charge in [-0.25, -0.2) is 0 Å². The van der Waals surface area contributed by atoms with Gasteiger partial charge < -0.3 is 15.4 Å². The molecule has 110 valence electrons. The molecule has 1 aromatic carbocycles. The first kappa shape index (κ1) is 15.0. The van der Waals surface area contributed by atoms with Gasteiger partial charge in [0.15, 0.2) is 0 Å². The number of hydrogen-bond donors (Lipinski definition) is 2. The Morgan fingerprint density at radius 2 is 2.10 bits per heavy atom. The summed E-state index contributed by atoms with van der Waals surface area (Å²) in [5.74, 6) is 0.814. The summed E-state index contributed by atoms with van der Waals surface area (Å²) in [6.07, 6.45) is 3.60. The van der Waals surface area contributed by atoms with Gasteiger partial charge in [-0.1, -0.05) is 18.2 Å². The number of nitrogens with one attached hydrogen (secondary N) is 2. The van der Waals surface area contributed by atoms with Gasteiger partial charge in [0.05, 0.1) is 6.04 Å². The Balaban J connectivity index is 1.54. The van der Waals surface area contributed by atoms with Crippen LogP contribution in [0.5, 0.6) is 0 Å². The molecule has 1 atom stereocenters. The van der Waals surface area contributed by atoms with Crippen LogP contribution in [0.15, 0.2) is 30.3 Å². The normalized spacial score (nSPS) is 15.8. The number of benzene rings is 1.